The van der Waals surface area contributed by atoms with Crippen molar-refractivity contribution in [1.82, 2.24) is 15.2 Å². The first-order valence-electron chi connectivity index (χ1n) is 10.9. The number of benzene rings is 1. The molecular weight excluding hydrogens is 382 g/mol. The van der Waals surface area contributed by atoms with E-state index in [9.17, 15) is 4.79 Å². The van der Waals surface area contributed by atoms with Gasteiger partial charge in [0.2, 0.25) is 5.91 Å². The normalized spacial score (nSPS) is 20.8. The lowest BCUT2D eigenvalue weighted by Crippen LogP contribution is -2.34. The highest BCUT2D eigenvalue weighted by molar-refractivity contribution is 7.15. The van der Waals surface area contributed by atoms with Crippen LogP contribution >= 0.6 is 11.3 Å². The number of carbonyl (C=O) groups excluding carboxylic acids is 1. The highest BCUT2D eigenvalue weighted by atomic mass is 32.1. The molecule has 2 aromatic rings. The predicted octanol–water partition coefficient (Wildman–Crippen LogP) is 4.10. The number of likely N-dealkylation sites (tertiary alicyclic amines) is 1. The third-order valence-corrected chi connectivity index (χ3v) is 7.02. The molecule has 1 N–H and O–H groups in total. The largest absolute Gasteiger partial charge is 0.376 e. The molecule has 2 fully saturated rings. The fourth-order valence-electron chi connectivity index (χ4n) is 4.21. The second kappa shape index (κ2) is 10.3. The van der Waals surface area contributed by atoms with Crippen LogP contribution in [-0.2, 0) is 16.1 Å². The molecule has 156 valence electrons. The lowest BCUT2D eigenvalue weighted by molar-refractivity contribution is -0.122. The SMILES string of the molecule is O=C(CCC1CCN(Cc2cnc(-c3ccccc3)s2)CC1)NC[C@@H]1CCCO1. The summed E-state index contributed by atoms with van der Waals surface area (Å²) in [5.41, 5.74) is 1.19. The van der Waals surface area contributed by atoms with E-state index in [1.54, 1.807) is 11.3 Å². The standard InChI is InChI=1S/C23H31N3O2S/c27-22(24-15-20-7-4-14-28-20)9-8-18-10-12-26(13-11-18)17-21-16-25-23(29-21)19-5-2-1-3-6-19/h1-3,5-6,16,18,20H,4,7-15,17H2,(H,24,27)/t20-/m0/s1. The monoisotopic (exact) mass is 413 g/mol. The average molecular weight is 414 g/mol. The minimum absolute atomic E-state index is 0.182. The molecule has 1 atom stereocenters. The van der Waals surface area contributed by atoms with Crippen LogP contribution in [0.2, 0.25) is 0 Å². The Kier molecular flexibility index (Phi) is 7.30. The van der Waals surface area contributed by atoms with Gasteiger partial charge in [0, 0.05) is 42.8 Å². The van der Waals surface area contributed by atoms with E-state index >= 15 is 0 Å². The fraction of sp³-hybridized carbons (Fsp3) is 0.565. The van der Waals surface area contributed by atoms with E-state index in [4.69, 9.17) is 4.74 Å². The molecular formula is C23H31N3O2S. The highest BCUT2D eigenvalue weighted by Gasteiger charge is 2.21. The van der Waals surface area contributed by atoms with Gasteiger partial charge in [-0.3, -0.25) is 9.69 Å². The number of aromatic nitrogens is 1. The van der Waals surface area contributed by atoms with Gasteiger partial charge < -0.3 is 10.1 Å². The van der Waals surface area contributed by atoms with E-state index in [0.717, 1.165) is 50.5 Å². The Bertz CT molecular complexity index is 765. The number of piperidine rings is 1. The summed E-state index contributed by atoms with van der Waals surface area (Å²) in [4.78, 5) is 20.5. The third kappa shape index (κ3) is 6.11. The molecule has 2 aliphatic heterocycles. The number of ether oxygens (including phenoxy) is 1. The smallest absolute Gasteiger partial charge is 0.220 e. The Morgan fingerprint density at radius 2 is 2.03 bits per heavy atom. The quantitative estimate of drug-likeness (QED) is 0.708. The Morgan fingerprint density at radius 1 is 1.21 bits per heavy atom. The van der Waals surface area contributed by atoms with E-state index in [1.807, 2.05) is 12.3 Å². The number of thiazole rings is 1. The van der Waals surface area contributed by atoms with Crippen LogP contribution < -0.4 is 5.32 Å². The molecule has 1 aromatic carbocycles. The van der Waals surface area contributed by atoms with Gasteiger partial charge in [-0.25, -0.2) is 4.98 Å². The number of nitrogens with one attached hydrogen (secondary N) is 1. The molecule has 0 radical (unpaired) electrons. The summed E-state index contributed by atoms with van der Waals surface area (Å²) in [6.45, 7) is 4.73. The Morgan fingerprint density at radius 3 is 2.79 bits per heavy atom. The maximum atomic E-state index is 12.1. The maximum Gasteiger partial charge on any atom is 0.220 e. The molecule has 1 amide bonds. The van der Waals surface area contributed by atoms with E-state index in [1.165, 1.54) is 23.3 Å². The van der Waals surface area contributed by atoms with Crippen molar-refractivity contribution in [3.8, 4) is 10.6 Å². The third-order valence-electron chi connectivity index (χ3n) is 5.99. The van der Waals surface area contributed by atoms with Crippen LogP contribution in [0.25, 0.3) is 10.6 Å². The van der Waals surface area contributed by atoms with Gasteiger partial charge in [-0.2, -0.15) is 0 Å². The van der Waals surface area contributed by atoms with Crippen molar-refractivity contribution in [2.24, 2.45) is 5.92 Å². The van der Waals surface area contributed by atoms with Gasteiger partial charge in [-0.1, -0.05) is 30.3 Å². The topological polar surface area (TPSA) is 54.5 Å². The van der Waals surface area contributed by atoms with Crippen LogP contribution in [0.15, 0.2) is 36.5 Å². The molecule has 29 heavy (non-hydrogen) atoms. The van der Waals surface area contributed by atoms with Crippen LogP contribution in [0.5, 0.6) is 0 Å². The van der Waals surface area contributed by atoms with Crippen molar-refractivity contribution in [2.75, 3.05) is 26.2 Å². The minimum Gasteiger partial charge on any atom is -0.376 e. The van der Waals surface area contributed by atoms with Gasteiger partial charge in [0.15, 0.2) is 0 Å². The first kappa shape index (κ1) is 20.5. The lowest BCUT2D eigenvalue weighted by Gasteiger charge is -2.31. The second-order valence-corrected chi connectivity index (χ2v) is 9.31. The first-order chi connectivity index (χ1) is 14.3. The lowest BCUT2D eigenvalue weighted by atomic mass is 9.92. The van der Waals surface area contributed by atoms with Crippen LogP contribution in [0.3, 0.4) is 0 Å². The van der Waals surface area contributed by atoms with Crippen LogP contribution in [-0.4, -0.2) is 48.1 Å². The number of nitrogens with zero attached hydrogens (tertiary/aromatic N) is 2. The number of amides is 1. The molecule has 1 aromatic heterocycles. The molecule has 0 bridgehead atoms. The van der Waals surface area contributed by atoms with E-state index in [2.05, 4.69) is 39.5 Å². The van der Waals surface area contributed by atoms with Gasteiger partial charge in [0.05, 0.1) is 6.10 Å². The van der Waals surface area contributed by atoms with E-state index in [0.29, 0.717) is 18.9 Å². The molecule has 0 spiro atoms. The summed E-state index contributed by atoms with van der Waals surface area (Å²) in [5.74, 6) is 0.849. The average Bonchev–Trinajstić information content (AvgIpc) is 3.45. The van der Waals surface area contributed by atoms with Crippen LogP contribution in [0.4, 0.5) is 0 Å². The highest BCUT2D eigenvalue weighted by Crippen LogP contribution is 2.28. The Hall–Kier alpha value is -1.76. The van der Waals surface area contributed by atoms with Crippen molar-refractivity contribution >= 4 is 17.2 Å². The zero-order valence-electron chi connectivity index (χ0n) is 17.0. The van der Waals surface area contributed by atoms with Gasteiger partial charge in [-0.15, -0.1) is 11.3 Å². The van der Waals surface area contributed by atoms with Crippen LogP contribution in [0, 0.1) is 5.92 Å². The summed E-state index contributed by atoms with van der Waals surface area (Å²) < 4.78 is 5.56. The van der Waals surface area contributed by atoms with Crippen molar-refractivity contribution < 1.29 is 9.53 Å². The zero-order valence-corrected chi connectivity index (χ0v) is 17.8. The van der Waals surface area contributed by atoms with Crippen LogP contribution in [0.1, 0.15) is 43.4 Å². The van der Waals surface area contributed by atoms with Crippen molar-refractivity contribution in [1.29, 1.82) is 0 Å². The molecule has 2 saturated heterocycles. The molecule has 3 heterocycles. The fourth-order valence-corrected chi connectivity index (χ4v) is 5.17. The zero-order chi connectivity index (χ0) is 19.9. The summed E-state index contributed by atoms with van der Waals surface area (Å²) in [7, 11) is 0. The summed E-state index contributed by atoms with van der Waals surface area (Å²) in [6.07, 6.45) is 8.47. The molecule has 4 rings (SSSR count). The van der Waals surface area contributed by atoms with E-state index < -0.39 is 0 Å². The van der Waals surface area contributed by atoms with Gasteiger partial charge in [0.25, 0.3) is 0 Å². The number of rotatable bonds is 8. The predicted molar refractivity (Wildman–Crippen MR) is 117 cm³/mol. The van der Waals surface area contributed by atoms with Gasteiger partial charge >= 0.3 is 0 Å². The second-order valence-electron chi connectivity index (χ2n) is 8.20. The maximum absolute atomic E-state index is 12.1. The van der Waals surface area contributed by atoms with Crippen molar-refractivity contribution in [3.05, 3.63) is 41.4 Å². The molecule has 0 aliphatic carbocycles. The molecule has 5 nitrogen and oxygen atoms in total. The number of carbonyl (C=O) groups is 1. The molecule has 0 unspecified atom stereocenters. The summed E-state index contributed by atoms with van der Waals surface area (Å²) in [5, 5.41) is 4.14. The van der Waals surface area contributed by atoms with Crippen molar-refractivity contribution in [2.45, 2.75) is 51.2 Å². The van der Waals surface area contributed by atoms with Crippen molar-refractivity contribution in [3.63, 3.8) is 0 Å². The molecule has 2 aliphatic rings. The Balaban J connectivity index is 1.14. The number of hydrogen-bond donors (Lipinski definition) is 1. The van der Waals surface area contributed by atoms with E-state index in [-0.39, 0.29) is 12.0 Å². The van der Waals surface area contributed by atoms with Gasteiger partial charge in [-0.05, 0) is 51.1 Å². The number of hydrogen-bond acceptors (Lipinski definition) is 5. The van der Waals surface area contributed by atoms with Gasteiger partial charge in [0.1, 0.15) is 5.01 Å². The molecule has 6 heteroatoms. The Labute approximate surface area is 177 Å². The minimum atomic E-state index is 0.182. The molecule has 0 saturated carbocycles. The summed E-state index contributed by atoms with van der Waals surface area (Å²) >= 11 is 1.79. The summed E-state index contributed by atoms with van der Waals surface area (Å²) in [6, 6.07) is 10.4. The first-order valence-corrected chi connectivity index (χ1v) is 11.7.